The smallest absolute Gasteiger partial charge is 0.336 e. The van der Waals surface area contributed by atoms with E-state index in [0.717, 1.165) is 10.6 Å². The van der Waals surface area contributed by atoms with E-state index in [2.05, 4.69) is 5.32 Å². The van der Waals surface area contributed by atoms with Gasteiger partial charge in [-0.2, -0.15) is 0 Å². The Morgan fingerprint density at radius 3 is 2.55 bits per heavy atom. The molecule has 150 valence electrons. The fourth-order valence-corrected chi connectivity index (χ4v) is 2.96. The molecule has 0 atom stereocenters. The minimum Gasteiger partial charge on any atom is -0.354 e. The summed E-state index contributed by atoms with van der Waals surface area (Å²) in [6, 6.07) is 11.7. The number of amides is 1. The van der Waals surface area contributed by atoms with E-state index < -0.39 is 16.2 Å². The molecular formula is C20H20N4O5. The van der Waals surface area contributed by atoms with E-state index in [1.165, 1.54) is 22.8 Å². The first-order chi connectivity index (χ1) is 13.8. The molecule has 2 aromatic carbocycles. The molecule has 0 spiro atoms. The summed E-state index contributed by atoms with van der Waals surface area (Å²) in [6.45, 7) is 4.08. The third-order valence-corrected chi connectivity index (χ3v) is 4.36. The van der Waals surface area contributed by atoms with Crippen LogP contribution < -0.4 is 16.6 Å². The third-order valence-electron chi connectivity index (χ3n) is 4.36. The first-order valence-electron chi connectivity index (χ1n) is 9.05. The van der Waals surface area contributed by atoms with E-state index in [4.69, 9.17) is 0 Å². The molecule has 1 heterocycles. The molecule has 9 nitrogen and oxygen atoms in total. The maximum absolute atomic E-state index is 13.1. The second-order valence-corrected chi connectivity index (χ2v) is 7.00. The Kier molecular flexibility index (Phi) is 5.58. The Morgan fingerprint density at radius 1 is 1.14 bits per heavy atom. The Labute approximate surface area is 165 Å². The second kappa shape index (κ2) is 8.09. The molecule has 0 fully saturated rings. The average molecular weight is 396 g/mol. The summed E-state index contributed by atoms with van der Waals surface area (Å²) < 4.78 is 2.05. The summed E-state index contributed by atoms with van der Waals surface area (Å²) in [7, 11) is 0. The van der Waals surface area contributed by atoms with Crippen molar-refractivity contribution in [1.82, 2.24) is 14.5 Å². The molecule has 1 aromatic heterocycles. The maximum Gasteiger partial charge on any atom is 0.336 e. The highest BCUT2D eigenvalue weighted by molar-refractivity contribution is 5.81. The molecule has 9 heteroatoms. The van der Waals surface area contributed by atoms with Crippen molar-refractivity contribution >= 4 is 22.5 Å². The van der Waals surface area contributed by atoms with Gasteiger partial charge in [-0.1, -0.05) is 32.0 Å². The molecule has 0 aliphatic carbocycles. The second-order valence-electron chi connectivity index (χ2n) is 7.00. The molecule has 3 aromatic rings. The zero-order valence-electron chi connectivity index (χ0n) is 16.0. The van der Waals surface area contributed by atoms with Crippen molar-refractivity contribution in [2.24, 2.45) is 5.92 Å². The topological polar surface area (TPSA) is 116 Å². The number of para-hydroxylation sites is 1. The fourth-order valence-electron chi connectivity index (χ4n) is 2.96. The van der Waals surface area contributed by atoms with Crippen LogP contribution in [-0.2, 0) is 11.3 Å². The molecule has 0 aliphatic rings. The van der Waals surface area contributed by atoms with Crippen LogP contribution in [0.25, 0.3) is 16.6 Å². The molecule has 0 unspecified atom stereocenters. The van der Waals surface area contributed by atoms with Crippen molar-refractivity contribution in [3.8, 4) is 5.69 Å². The summed E-state index contributed by atoms with van der Waals surface area (Å²) in [5, 5.41) is 14.1. The van der Waals surface area contributed by atoms with E-state index in [0.29, 0.717) is 12.1 Å². The van der Waals surface area contributed by atoms with Gasteiger partial charge in [-0.3, -0.25) is 24.3 Å². The lowest BCUT2D eigenvalue weighted by Gasteiger charge is -2.14. The predicted octanol–water partition coefficient (Wildman–Crippen LogP) is 1.83. The Hall–Kier alpha value is -3.75. The summed E-state index contributed by atoms with van der Waals surface area (Å²) >= 11 is 0. The lowest BCUT2D eigenvalue weighted by molar-refractivity contribution is -0.384. The highest BCUT2D eigenvalue weighted by Gasteiger charge is 2.18. The van der Waals surface area contributed by atoms with E-state index >= 15 is 0 Å². The Morgan fingerprint density at radius 2 is 1.86 bits per heavy atom. The average Bonchev–Trinajstić information content (AvgIpc) is 2.70. The molecule has 0 bridgehead atoms. The Balaban J connectivity index is 2.21. The SMILES string of the molecule is CC(C)CNC(=O)Cn1c(=O)n(-c2cccc([N+](=O)[O-])c2)c(=O)c2ccccc21. The number of nitrogens with zero attached hydrogens (tertiary/aromatic N) is 3. The lowest BCUT2D eigenvalue weighted by Crippen LogP contribution is -2.42. The van der Waals surface area contributed by atoms with Gasteiger partial charge in [0, 0.05) is 18.7 Å². The number of fused-ring (bicyclic) bond motifs is 1. The van der Waals surface area contributed by atoms with Crippen molar-refractivity contribution in [2.45, 2.75) is 20.4 Å². The number of rotatable bonds is 6. The number of nitrogens with one attached hydrogen (secondary N) is 1. The molecule has 29 heavy (non-hydrogen) atoms. The number of nitro benzene ring substituents is 1. The van der Waals surface area contributed by atoms with Crippen LogP contribution in [0.15, 0.2) is 58.1 Å². The highest BCUT2D eigenvalue weighted by atomic mass is 16.6. The monoisotopic (exact) mass is 396 g/mol. The van der Waals surface area contributed by atoms with Gasteiger partial charge in [0.1, 0.15) is 6.54 Å². The normalized spacial score (nSPS) is 11.0. The first kappa shape index (κ1) is 20.0. The van der Waals surface area contributed by atoms with Crippen LogP contribution >= 0.6 is 0 Å². The molecule has 1 N–H and O–H groups in total. The molecule has 0 aliphatic heterocycles. The molecule has 0 saturated heterocycles. The molecule has 0 radical (unpaired) electrons. The van der Waals surface area contributed by atoms with Crippen LogP contribution in [0.4, 0.5) is 5.69 Å². The minimum atomic E-state index is -0.742. The van der Waals surface area contributed by atoms with Crippen molar-refractivity contribution in [1.29, 1.82) is 0 Å². The summed E-state index contributed by atoms with van der Waals surface area (Å²) in [6.07, 6.45) is 0. The number of hydrogen-bond donors (Lipinski definition) is 1. The number of benzene rings is 2. The molecular weight excluding hydrogens is 376 g/mol. The third kappa shape index (κ3) is 4.08. The predicted molar refractivity (Wildman–Crippen MR) is 108 cm³/mol. The van der Waals surface area contributed by atoms with Gasteiger partial charge < -0.3 is 5.32 Å². The van der Waals surface area contributed by atoms with Gasteiger partial charge in [-0.15, -0.1) is 0 Å². The largest absolute Gasteiger partial charge is 0.354 e. The van der Waals surface area contributed by atoms with Gasteiger partial charge in [0.25, 0.3) is 11.2 Å². The van der Waals surface area contributed by atoms with Crippen molar-refractivity contribution in [3.05, 3.63) is 79.5 Å². The van der Waals surface area contributed by atoms with Gasteiger partial charge in [-0.05, 0) is 24.1 Å². The Bertz CT molecular complexity index is 1210. The van der Waals surface area contributed by atoms with E-state index in [-0.39, 0.29) is 35.1 Å². The van der Waals surface area contributed by atoms with Crippen LogP contribution in [0.5, 0.6) is 0 Å². The van der Waals surface area contributed by atoms with Gasteiger partial charge in [-0.25, -0.2) is 9.36 Å². The zero-order valence-corrected chi connectivity index (χ0v) is 16.0. The first-order valence-corrected chi connectivity index (χ1v) is 9.05. The number of carbonyl (C=O) groups excluding carboxylic acids is 1. The van der Waals surface area contributed by atoms with Crippen molar-refractivity contribution < 1.29 is 9.72 Å². The van der Waals surface area contributed by atoms with Crippen LogP contribution in [0.2, 0.25) is 0 Å². The van der Waals surface area contributed by atoms with Crippen LogP contribution in [-0.4, -0.2) is 26.5 Å². The van der Waals surface area contributed by atoms with Gasteiger partial charge in [0.15, 0.2) is 0 Å². The fraction of sp³-hybridized carbons (Fsp3) is 0.250. The molecule has 1 amide bonds. The van der Waals surface area contributed by atoms with E-state index in [1.54, 1.807) is 24.3 Å². The van der Waals surface area contributed by atoms with Gasteiger partial charge in [0.2, 0.25) is 5.91 Å². The van der Waals surface area contributed by atoms with Crippen LogP contribution in [0.1, 0.15) is 13.8 Å². The number of carbonyl (C=O) groups is 1. The quantitative estimate of drug-likeness (QED) is 0.504. The van der Waals surface area contributed by atoms with Crippen molar-refractivity contribution in [3.63, 3.8) is 0 Å². The summed E-state index contributed by atoms with van der Waals surface area (Å²) in [4.78, 5) is 48.9. The standard InChI is InChI=1S/C20H20N4O5/c1-13(2)11-21-18(25)12-22-17-9-4-3-8-16(17)19(26)23(20(22)27)14-6-5-7-15(10-14)24(28)29/h3-10,13H,11-12H2,1-2H3,(H,21,25). The molecule has 3 rings (SSSR count). The minimum absolute atomic E-state index is 0.0660. The number of aromatic nitrogens is 2. The van der Waals surface area contributed by atoms with E-state index in [9.17, 15) is 24.5 Å². The van der Waals surface area contributed by atoms with Crippen LogP contribution in [0.3, 0.4) is 0 Å². The number of hydrogen-bond acceptors (Lipinski definition) is 5. The lowest BCUT2D eigenvalue weighted by atomic mass is 10.2. The summed E-state index contributed by atoms with van der Waals surface area (Å²) in [5.74, 6) is -0.124. The van der Waals surface area contributed by atoms with Gasteiger partial charge in [0.05, 0.1) is 21.5 Å². The number of nitro groups is 1. The van der Waals surface area contributed by atoms with Crippen molar-refractivity contribution in [2.75, 3.05) is 6.54 Å². The van der Waals surface area contributed by atoms with Gasteiger partial charge >= 0.3 is 5.69 Å². The summed E-state index contributed by atoms with van der Waals surface area (Å²) in [5.41, 5.74) is -1.21. The zero-order chi connectivity index (χ0) is 21.1. The maximum atomic E-state index is 13.1. The van der Waals surface area contributed by atoms with Crippen LogP contribution in [0, 0.1) is 16.0 Å². The number of non-ortho nitro benzene ring substituents is 1. The molecule has 0 saturated carbocycles. The van der Waals surface area contributed by atoms with E-state index in [1.807, 2.05) is 13.8 Å². The highest BCUT2D eigenvalue weighted by Crippen LogP contribution is 2.16.